The van der Waals surface area contributed by atoms with E-state index in [1.54, 1.807) is 17.0 Å². The van der Waals surface area contributed by atoms with E-state index in [2.05, 4.69) is 15.6 Å². The van der Waals surface area contributed by atoms with Gasteiger partial charge in [0.05, 0.1) is 6.04 Å². The molecule has 7 nitrogen and oxygen atoms in total. The van der Waals surface area contributed by atoms with Crippen LogP contribution < -0.4 is 10.1 Å². The Kier molecular flexibility index (Phi) is 5.63. The van der Waals surface area contributed by atoms with Crippen molar-refractivity contribution >= 4 is 17.5 Å². The Bertz CT molecular complexity index is 962. The normalized spacial score (nSPS) is 19.3. The number of rotatable bonds is 5. The van der Waals surface area contributed by atoms with Crippen LogP contribution in [0.25, 0.3) is 0 Å². The first kappa shape index (κ1) is 20.9. The van der Waals surface area contributed by atoms with Crippen molar-refractivity contribution in [1.82, 2.24) is 25.2 Å². The highest BCUT2D eigenvalue weighted by atomic mass is 35.5. The second-order valence-electron chi connectivity index (χ2n) is 7.43. The zero-order valence-corrected chi connectivity index (χ0v) is 17.1. The van der Waals surface area contributed by atoms with Crippen LogP contribution >= 0.6 is 11.6 Å². The fraction of sp³-hybridized carbons (Fsp3) is 0.526. The minimum absolute atomic E-state index is 0.0998. The van der Waals surface area contributed by atoms with Gasteiger partial charge in [-0.2, -0.15) is 13.2 Å². The van der Waals surface area contributed by atoms with Gasteiger partial charge in [-0.25, -0.2) is 4.68 Å². The summed E-state index contributed by atoms with van der Waals surface area (Å²) in [6.07, 6.45) is -2.57. The average molecular weight is 444 g/mol. The Morgan fingerprint density at radius 1 is 1.33 bits per heavy atom. The van der Waals surface area contributed by atoms with Gasteiger partial charge in [0.15, 0.2) is 5.69 Å². The quantitative estimate of drug-likeness (QED) is 0.769. The summed E-state index contributed by atoms with van der Waals surface area (Å²) in [6.45, 7) is 1.45. The summed E-state index contributed by atoms with van der Waals surface area (Å²) in [5, 5.41) is 11.0. The number of amides is 1. The molecule has 1 saturated heterocycles. The Morgan fingerprint density at radius 2 is 2.13 bits per heavy atom. The fourth-order valence-corrected chi connectivity index (χ4v) is 4.37. The van der Waals surface area contributed by atoms with E-state index in [0.29, 0.717) is 47.9 Å². The molecule has 30 heavy (non-hydrogen) atoms. The molecule has 4 rings (SSSR count). The van der Waals surface area contributed by atoms with Crippen LogP contribution in [0.5, 0.6) is 5.75 Å². The lowest BCUT2D eigenvalue weighted by Gasteiger charge is -2.32. The van der Waals surface area contributed by atoms with Gasteiger partial charge in [0.2, 0.25) is 5.91 Å². The van der Waals surface area contributed by atoms with E-state index in [-0.39, 0.29) is 24.2 Å². The van der Waals surface area contributed by atoms with Crippen molar-refractivity contribution in [2.24, 2.45) is 7.05 Å². The number of nitrogens with one attached hydrogen (secondary N) is 1. The van der Waals surface area contributed by atoms with Crippen LogP contribution in [-0.2, 0) is 31.0 Å². The van der Waals surface area contributed by atoms with Crippen LogP contribution in [0.3, 0.4) is 0 Å². The molecule has 2 aliphatic heterocycles. The van der Waals surface area contributed by atoms with Crippen LogP contribution in [-0.4, -0.2) is 45.4 Å². The van der Waals surface area contributed by atoms with E-state index < -0.39 is 11.9 Å². The molecule has 2 aromatic rings. The second-order valence-corrected chi connectivity index (χ2v) is 7.84. The first-order valence-corrected chi connectivity index (χ1v) is 10.0. The molecular formula is C19H21ClF3N5O2. The second kappa shape index (κ2) is 8.07. The van der Waals surface area contributed by atoms with Gasteiger partial charge in [-0.3, -0.25) is 4.79 Å². The lowest BCUT2D eigenvalue weighted by Crippen LogP contribution is -2.39. The number of carbonyl (C=O) groups is 1. The molecule has 1 amide bonds. The number of carbonyl (C=O) groups excluding carboxylic acids is 1. The lowest BCUT2D eigenvalue weighted by molar-refractivity contribution is -0.144. The largest absolute Gasteiger partial charge is 0.487 e. The molecule has 0 radical (unpaired) electrons. The maximum Gasteiger partial charge on any atom is 0.435 e. The predicted molar refractivity (Wildman–Crippen MR) is 102 cm³/mol. The van der Waals surface area contributed by atoms with Crippen molar-refractivity contribution in [3.63, 3.8) is 0 Å². The molecule has 1 aromatic heterocycles. The number of likely N-dealkylation sites (tertiary alicyclic amines) is 1. The summed E-state index contributed by atoms with van der Waals surface area (Å²) >= 11 is 6.39. The van der Waals surface area contributed by atoms with Crippen molar-refractivity contribution in [3.8, 4) is 5.75 Å². The topological polar surface area (TPSA) is 72.3 Å². The summed E-state index contributed by atoms with van der Waals surface area (Å²) in [7, 11) is 1.19. The maximum atomic E-state index is 13.3. The van der Waals surface area contributed by atoms with Gasteiger partial charge in [-0.15, -0.1) is 5.10 Å². The lowest BCUT2D eigenvalue weighted by atomic mass is 9.92. The van der Waals surface area contributed by atoms with Gasteiger partial charge in [0.25, 0.3) is 0 Å². The minimum Gasteiger partial charge on any atom is -0.487 e. The van der Waals surface area contributed by atoms with Crippen LogP contribution in [0, 0.1) is 0 Å². The predicted octanol–water partition coefficient (Wildman–Crippen LogP) is 2.88. The van der Waals surface area contributed by atoms with E-state index in [4.69, 9.17) is 16.3 Å². The smallest absolute Gasteiger partial charge is 0.435 e. The standard InChI is InChI=1S/C19H21ClF3N5O2/c1-27-18(19(21,22)23)14(25-26-27)10-30-15-5-4-12(20)11-6-7-24-13(17(11)15)9-28-8-2-3-16(28)29/h4-5,13,24H,2-3,6-10H2,1H3. The Morgan fingerprint density at radius 3 is 2.83 bits per heavy atom. The highest BCUT2D eigenvalue weighted by molar-refractivity contribution is 6.31. The van der Waals surface area contributed by atoms with Gasteiger partial charge in [0, 0.05) is 37.1 Å². The van der Waals surface area contributed by atoms with Crippen LogP contribution in [0.1, 0.15) is 41.4 Å². The number of fused-ring (bicyclic) bond motifs is 1. The molecule has 3 heterocycles. The summed E-state index contributed by atoms with van der Waals surface area (Å²) in [5.74, 6) is 0.528. The number of aryl methyl sites for hydroxylation is 1. The van der Waals surface area contributed by atoms with Gasteiger partial charge >= 0.3 is 6.18 Å². The Hall–Kier alpha value is -2.33. The summed E-state index contributed by atoms with van der Waals surface area (Å²) < 4.78 is 46.4. The number of ether oxygens (including phenoxy) is 1. The highest BCUT2D eigenvalue weighted by Gasteiger charge is 2.39. The number of aromatic nitrogens is 3. The van der Waals surface area contributed by atoms with Crippen molar-refractivity contribution < 1.29 is 22.7 Å². The van der Waals surface area contributed by atoms with E-state index in [9.17, 15) is 18.0 Å². The molecule has 11 heteroatoms. The summed E-state index contributed by atoms with van der Waals surface area (Å²) in [4.78, 5) is 13.9. The first-order chi connectivity index (χ1) is 14.3. The molecule has 162 valence electrons. The molecule has 1 N–H and O–H groups in total. The first-order valence-electron chi connectivity index (χ1n) is 9.66. The Labute approximate surface area is 176 Å². The van der Waals surface area contributed by atoms with Crippen LogP contribution in [0.4, 0.5) is 13.2 Å². The molecular weight excluding hydrogens is 423 g/mol. The summed E-state index contributed by atoms with van der Waals surface area (Å²) in [5.41, 5.74) is 0.442. The van der Waals surface area contributed by atoms with Crippen LogP contribution in [0.2, 0.25) is 5.02 Å². The molecule has 1 unspecified atom stereocenters. The zero-order valence-electron chi connectivity index (χ0n) is 16.3. The number of hydrogen-bond acceptors (Lipinski definition) is 5. The highest BCUT2D eigenvalue weighted by Crippen LogP contribution is 2.38. The molecule has 0 spiro atoms. The number of nitrogens with zero attached hydrogens (tertiary/aromatic N) is 4. The number of benzene rings is 1. The fourth-order valence-electron chi connectivity index (χ4n) is 4.12. The molecule has 1 atom stereocenters. The monoisotopic (exact) mass is 443 g/mol. The number of alkyl halides is 3. The van der Waals surface area contributed by atoms with E-state index in [1.807, 2.05) is 0 Å². The van der Waals surface area contributed by atoms with Crippen molar-refractivity contribution in [2.75, 3.05) is 19.6 Å². The zero-order chi connectivity index (χ0) is 21.5. The minimum atomic E-state index is -4.59. The molecule has 1 fully saturated rings. The average Bonchev–Trinajstić information content (AvgIpc) is 3.27. The van der Waals surface area contributed by atoms with Crippen LogP contribution in [0.15, 0.2) is 12.1 Å². The third-order valence-corrected chi connectivity index (χ3v) is 5.83. The van der Waals surface area contributed by atoms with Gasteiger partial charge in [0.1, 0.15) is 18.1 Å². The van der Waals surface area contributed by atoms with Crippen molar-refractivity contribution in [3.05, 3.63) is 39.7 Å². The molecule has 0 saturated carbocycles. The van der Waals surface area contributed by atoms with Crippen molar-refractivity contribution in [2.45, 2.75) is 38.1 Å². The van der Waals surface area contributed by atoms with E-state index in [1.165, 1.54) is 7.05 Å². The molecule has 0 bridgehead atoms. The third kappa shape index (κ3) is 3.98. The molecule has 1 aromatic carbocycles. The van der Waals surface area contributed by atoms with Crippen molar-refractivity contribution in [1.29, 1.82) is 0 Å². The van der Waals surface area contributed by atoms with Gasteiger partial charge in [-0.05, 0) is 37.1 Å². The third-order valence-electron chi connectivity index (χ3n) is 5.48. The number of halogens is 4. The molecule has 2 aliphatic rings. The maximum absolute atomic E-state index is 13.3. The van der Waals surface area contributed by atoms with E-state index in [0.717, 1.165) is 17.5 Å². The van der Waals surface area contributed by atoms with Gasteiger partial charge < -0.3 is 15.0 Å². The Balaban J connectivity index is 1.62. The molecule has 0 aliphatic carbocycles. The van der Waals surface area contributed by atoms with E-state index >= 15 is 0 Å². The van der Waals surface area contributed by atoms with Gasteiger partial charge in [-0.1, -0.05) is 16.8 Å². The SMILES string of the molecule is Cn1nnc(COc2ccc(Cl)c3c2C(CN2CCCC2=O)NCC3)c1C(F)(F)F. The summed E-state index contributed by atoms with van der Waals surface area (Å²) in [6, 6.07) is 3.12. The number of hydrogen-bond donors (Lipinski definition) is 1.